The lowest BCUT2D eigenvalue weighted by molar-refractivity contribution is -0.129. The number of hydrogen-bond donors (Lipinski definition) is 2. The second-order valence-corrected chi connectivity index (χ2v) is 8.01. The lowest BCUT2D eigenvalue weighted by atomic mass is 10.0. The van der Waals surface area contributed by atoms with Gasteiger partial charge in [-0.15, -0.1) is 0 Å². The number of aromatic amines is 1. The summed E-state index contributed by atoms with van der Waals surface area (Å²) in [6.07, 6.45) is 0. The number of piperazine rings is 1. The van der Waals surface area contributed by atoms with Crippen molar-refractivity contribution in [2.75, 3.05) is 36.4 Å². The van der Waals surface area contributed by atoms with E-state index < -0.39 is 0 Å². The van der Waals surface area contributed by atoms with Crippen LogP contribution in [-0.2, 0) is 11.3 Å². The van der Waals surface area contributed by atoms with Crippen LogP contribution in [-0.4, -0.2) is 42.0 Å². The molecule has 30 heavy (non-hydrogen) atoms. The zero-order valence-electron chi connectivity index (χ0n) is 17.8. The van der Waals surface area contributed by atoms with Gasteiger partial charge in [-0.3, -0.25) is 9.59 Å². The van der Waals surface area contributed by atoms with E-state index in [9.17, 15) is 9.59 Å². The number of aromatic nitrogens is 1. The molecule has 2 aromatic carbocycles. The molecule has 1 aliphatic rings. The number of carbonyl (C=O) groups excluding carboxylic acids is 1. The van der Waals surface area contributed by atoms with Crippen LogP contribution in [0.2, 0.25) is 0 Å². The Kier molecular flexibility index (Phi) is 5.48. The summed E-state index contributed by atoms with van der Waals surface area (Å²) in [6.45, 7) is 9.38. The third kappa shape index (κ3) is 4.03. The predicted octanol–water partition coefficient (Wildman–Crippen LogP) is 3.43. The normalized spacial score (nSPS) is 14.2. The fourth-order valence-corrected chi connectivity index (χ4v) is 4.02. The van der Waals surface area contributed by atoms with E-state index in [1.165, 1.54) is 0 Å². The molecule has 1 saturated heterocycles. The van der Waals surface area contributed by atoms with E-state index in [0.717, 1.165) is 65.1 Å². The van der Waals surface area contributed by atoms with Gasteiger partial charge >= 0.3 is 0 Å². The van der Waals surface area contributed by atoms with Crippen molar-refractivity contribution in [3.63, 3.8) is 0 Å². The average molecular weight is 405 g/mol. The maximum absolute atomic E-state index is 12.5. The van der Waals surface area contributed by atoms with E-state index in [4.69, 9.17) is 0 Å². The number of anilines is 2. The standard InChI is InChI=1S/C24H28N4O2/c1-16-4-5-17(2)23-22(16)14-19(24(30)26-23)15-25-20-6-8-21(9-7-20)28-12-10-27(11-13-28)18(3)29/h4-9,14,25H,10-13,15H2,1-3H3,(H,26,30). The van der Waals surface area contributed by atoms with Gasteiger partial charge in [-0.25, -0.2) is 0 Å². The summed E-state index contributed by atoms with van der Waals surface area (Å²) in [4.78, 5) is 31.2. The molecule has 0 aliphatic carbocycles. The van der Waals surface area contributed by atoms with Gasteiger partial charge in [0.1, 0.15) is 0 Å². The fourth-order valence-electron chi connectivity index (χ4n) is 4.02. The molecule has 2 N–H and O–H groups in total. The Morgan fingerprint density at radius 1 is 1.00 bits per heavy atom. The van der Waals surface area contributed by atoms with Crippen molar-refractivity contribution in [2.45, 2.75) is 27.3 Å². The van der Waals surface area contributed by atoms with Gasteiger partial charge in [0, 0.05) is 62.0 Å². The van der Waals surface area contributed by atoms with Crippen LogP contribution in [0.3, 0.4) is 0 Å². The first-order valence-corrected chi connectivity index (χ1v) is 10.4. The van der Waals surface area contributed by atoms with E-state index >= 15 is 0 Å². The Labute approximate surface area is 176 Å². The number of carbonyl (C=O) groups is 1. The summed E-state index contributed by atoms with van der Waals surface area (Å²) >= 11 is 0. The van der Waals surface area contributed by atoms with Gasteiger partial charge in [0.05, 0.1) is 5.52 Å². The van der Waals surface area contributed by atoms with Crippen LogP contribution >= 0.6 is 0 Å². The number of fused-ring (bicyclic) bond motifs is 1. The van der Waals surface area contributed by atoms with E-state index in [1.807, 2.05) is 36.1 Å². The highest BCUT2D eigenvalue weighted by Gasteiger charge is 2.18. The number of H-pyrrole nitrogens is 1. The van der Waals surface area contributed by atoms with Gasteiger partial charge in [0.2, 0.25) is 5.91 Å². The third-order valence-corrected chi connectivity index (χ3v) is 5.96. The van der Waals surface area contributed by atoms with Crippen LogP contribution in [0.15, 0.2) is 47.3 Å². The Bertz CT molecular complexity index is 1130. The minimum absolute atomic E-state index is 0.0522. The zero-order valence-corrected chi connectivity index (χ0v) is 17.8. The summed E-state index contributed by atoms with van der Waals surface area (Å²) in [7, 11) is 0. The van der Waals surface area contributed by atoms with Crippen LogP contribution in [0.4, 0.5) is 11.4 Å². The summed E-state index contributed by atoms with van der Waals surface area (Å²) in [5.74, 6) is 0.142. The molecule has 1 fully saturated rings. The average Bonchev–Trinajstić information content (AvgIpc) is 2.76. The van der Waals surface area contributed by atoms with Crippen LogP contribution in [0, 0.1) is 13.8 Å². The maximum atomic E-state index is 12.5. The number of nitrogens with zero attached hydrogens (tertiary/aromatic N) is 2. The second kappa shape index (κ2) is 8.22. The molecule has 0 radical (unpaired) electrons. The molecule has 6 nitrogen and oxygen atoms in total. The summed E-state index contributed by atoms with van der Waals surface area (Å²) in [6, 6.07) is 14.4. The second-order valence-electron chi connectivity index (χ2n) is 8.01. The number of hydrogen-bond acceptors (Lipinski definition) is 4. The van der Waals surface area contributed by atoms with E-state index in [-0.39, 0.29) is 11.5 Å². The van der Waals surface area contributed by atoms with E-state index in [2.05, 4.69) is 40.3 Å². The largest absolute Gasteiger partial charge is 0.381 e. The van der Waals surface area contributed by atoms with Gasteiger partial charge in [0.25, 0.3) is 5.56 Å². The molecule has 2 heterocycles. The molecule has 3 aromatic rings. The van der Waals surface area contributed by atoms with Gasteiger partial charge in [-0.05, 0) is 55.3 Å². The molecule has 0 spiro atoms. The molecular weight excluding hydrogens is 376 g/mol. The molecule has 6 heteroatoms. The molecule has 1 aliphatic heterocycles. The van der Waals surface area contributed by atoms with Crippen molar-refractivity contribution in [1.82, 2.24) is 9.88 Å². The smallest absolute Gasteiger partial charge is 0.253 e. The lowest BCUT2D eigenvalue weighted by Crippen LogP contribution is -2.48. The number of rotatable bonds is 4. The van der Waals surface area contributed by atoms with Gasteiger partial charge in [-0.1, -0.05) is 12.1 Å². The number of amides is 1. The molecule has 0 bridgehead atoms. The van der Waals surface area contributed by atoms with Gasteiger partial charge in [0.15, 0.2) is 0 Å². The first-order valence-electron chi connectivity index (χ1n) is 10.4. The third-order valence-electron chi connectivity index (χ3n) is 5.96. The molecule has 1 amide bonds. The van der Waals surface area contributed by atoms with Crippen molar-refractivity contribution >= 4 is 28.2 Å². The van der Waals surface area contributed by atoms with Crippen LogP contribution in [0.1, 0.15) is 23.6 Å². The van der Waals surface area contributed by atoms with Crippen molar-refractivity contribution in [3.05, 3.63) is 69.5 Å². The minimum atomic E-state index is -0.0522. The van der Waals surface area contributed by atoms with Crippen LogP contribution in [0.25, 0.3) is 10.9 Å². The first-order chi connectivity index (χ1) is 14.4. The number of aryl methyl sites for hydroxylation is 2. The quantitative estimate of drug-likeness (QED) is 0.699. The van der Waals surface area contributed by atoms with Gasteiger partial charge < -0.3 is 20.1 Å². The Morgan fingerprint density at radius 2 is 1.67 bits per heavy atom. The molecule has 0 unspecified atom stereocenters. The summed E-state index contributed by atoms with van der Waals surface area (Å²) < 4.78 is 0. The monoisotopic (exact) mass is 404 g/mol. The zero-order chi connectivity index (χ0) is 21.3. The van der Waals surface area contributed by atoms with Gasteiger partial charge in [-0.2, -0.15) is 0 Å². The van der Waals surface area contributed by atoms with Crippen molar-refractivity contribution in [3.8, 4) is 0 Å². The summed E-state index contributed by atoms with van der Waals surface area (Å²) in [5.41, 5.74) is 5.94. The van der Waals surface area contributed by atoms with Crippen LogP contribution in [0.5, 0.6) is 0 Å². The lowest BCUT2D eigenvalue weighted by Gasteiger charge is -2.35. The SMILES string of the molecule is CC(=O)N1CCN(c2ccc(NCc3cc4c(C)ccc(C)c4[nH]c3=O)cc2)CC1. The molecule has 0 atom stereocenters. The fraction of sp³-hybridized carbons (Fsp3) is 0.333. The molecule has 0 saturated carbocycles. The van der Waals surface area contributed by atoms with E-state index in [0.29, 0.717) is 6.54 Å². The van der Waals surface area contributed by atoms with Crippen molar-refractivity contribution in [2.24, 2.45) is 0 Å². The molecule has 1 aromatic heterocycles. The number of nitrogens with one attached hydrogen (secondary N) is 2. The Hall–Kier alpha value is -3.28. The van der Waals surface area contributed by atoms with Crippen LogP contribution < -0.4 is 15.8 Å². The highest BCUT2D eigenvalue weighted by Crippen LogP contribution is 2.22. The maximum Gasteiger partial charge on any atom is 0.253 e. The number of pyridine rings is 1. The highest BCUT2D eigenvalue weighted by atomic mass is 16.2. The topological polar surface area (TPSA) is 68.4 Å². The number of benzene rings is 2. The Morgan fingerprint density at radius 3 is 2.33 bits per heavy atom. The molecule has 4 rings (SSSR count). The van der Waals surface area contributed by atoms with Crippen molar-refractivity contribution in [1.29, 1.82) is 0 Å². The molecular formula is C24H28N4O2. The first kappa shape index (κ1) is 20.0. The summed E-state index contributed by atoms with van der Waals surface area (Å²) in [5, 5.41) is 4.45. The minimum Gasteiger partial charge on any atom is -0.381 e. The molecule has 156 valence electrons. The van der Waals surface area contributed by atoms with E-state index in [1.54, 1.807) is 6.92 Å². The van der Waals surface area contributed by atoms with Crippen molar-refractivity contribution < 1.29 is 4.79 Å². The highest BCUT2D eigenvalue weighted by molar-refractivity contribution is 5.85. The Balaban J connectivity index is 1.43. The predicted molar refractivity (Wildman–Crippen MR) is 122 cm³/mol.